The van der Waals surface area contributed by atoms with Gasteiger partial charge in [-0.2, -0.15) is 0 Å². The first-order valence-corrected chi connectivity index (χ1v) is 5.19. The molecule has 1 fully saturated rings. The van der Waals surface area contributed by atoms with Crippen LogP contribution in [-0.4, -0.2) is 30.0 Å². The van der Waals surface area contributed by atoms with Crippen molar-refractivity contribution in [1.29, 1.82) is 0 Å². The van der Waals surface area contributed by atoms with E-state index in [4.69, 9.17) is 4.42 Å². The minimum atomic E-state index is -0.168. The molecule has 1 saturated heterocycles. The highest BCUT2D eigenvalue weighted by atomic mass is 35.5. The Morgan fingerprint density at radius 2 is 2.35 bits per heavy atom. The zero-order valence-electron chi connectivity index (χ0n) is 9.56. The molecular weight excluding hydrogens is 265 g/mol. The van der Waals surface area contributed by atoms with E-state index in [1.54, 1.807) is 6.92 Å². The van der Waals surface area contributed by atoms with Crippen LogP contribution in [0.1, 0.15) is 29.1 Å². The second-order valence-corrected chi connectivity index (χ2v) is 3.78. The van der Waals surface area contributed by atoms with E-state index < -0.39 is 0 Å². The van der Waals surface area contributed by atoms with Crippen molar-refractivity contribution < 1.29 is 9.21 Å². The summed E-state index contributed by atoms with van der Waals surface area (Å²) in [5.41, 5.74) is 0.635. The minimum absolute atomic E-state index is 0. The molecule has 0 aliphatic carbocycles. The van der Waals surface area contributed by atoms with Gasteiger partial charge in [-0.1, -0.05) is 0 Å². The monoisotopic (exact) mass is 281 g/mol. The summed E-state index contributed by atoms with van der Waals surface area (Å²) >= 11 is 0. The average molecular weight is 282 g/mol. The highest BCUT2D eigenvalue weighted by molar-refractivity contribution is 5.92. The van der Waals surface area contributed by atoms with Gasteiger partial charge in [0.15, 0.2) is 6.39 Å². The average Bonchev–Trinajstić information content (AvgIpc) is 2.66. The molecule has 17 heavy (non-hydrogen) atoms. The number of hydrogen-bond acceptors (Lipinski definition) is 4. The molecule has 1 aromatic rings. The van der Waals surface area contributed by atoms with Crippen LogP contribution in [0.5, 0.6) is 0 Å². The van der Waals surface area contributed by atoms with Gasteiger partial charge >= 0.3 is 0 Å². The molecule has 1 unspecified atom stereocenters. The van der Waals surface area contributed by atoms with Gasteiger partial charge < -0.3 is 15.1 Å². The number of oxazole rings is 1. The van der Waals surface area contributed by atoms with Gasteiger partial charge in [-0.15, -0.1) is 24.8 Å². The van der Waals surface area contributed by atoms with Crippen LogP contribution in [0.2, 0.25) is 0 Å². The predicted molar refractivity (Wildman–Crippen MR) is 69.1 cm³/mol. The number of piperidine rings is 1. The van der Waals surface area contributed by atoms with E-state index in [9.17, 15) is 4.79 Å². The smallest absolute Gasteiger partial charge is 0.289 e. The summed E-state index contributed by atoms with van der Waals surface area (Å²) in [4.78, 5) is 15.6. The third kappa shape index (κ3) is 4.18. The van der Waals surface area contributed by atoms with Crippen molar-refractivity contribution >= 4 is 30.7 Å². The summed E-state index contributed by atoms with van der Waals surface area (Å²) in [5, 5.41) is 6.17. The number of aromatic nitrogens is 1. The molecule has 1 amide bonds. The first-order valence-electron chi connectivity index (χ1n) is 5.19. The van der Waals surface area contributed by atoms with Crippen molar-refractivity contribution in [2.45, 2.75) is 25.8 Å². The molecular formula is C10H17Cl2N3O2. The number of aryl methyl sites for hydroxylation is 1. The third-order valence-electron chi connectivity index (χ3n) is 2.58. The Bertz CT molecular complexity index is 351. The molecule has 1 aliphatic rings. The van der Waals surface area contributed by atoms with Gasteiger partial charge in [-0.25, -0.2) is 4.98 Å². The Morgan fingerprint density at radius 3 is 2.88 bits per heavy atom. The number of carbonyl (C=O) groups excluding carboxylic acids is 1. The maximum atomic E-state index is 11.7. The molecule has 98 valence electrons. The molecule has 7 heteroatoms. The molecule has 5 nitrogen and oxygen atoms in total. The van der Waals surface area contributed by atoms with Crippen molar-refractivity contribution in [3.05, 3.63) is 17.8 Å². The molecule has 1 aromatic heterocycles. The lowest BCUT2D eigenvalue weighted by Gasteiger charge is -2.23. The summed E-state index contributed by atoms with van der Waals surface area (Å²) < 4.78 is 5.02. The van der Waals surface area contributed by atoms with Gasteiger partial charge in [-0.3, -0.25) is 4.79 Å². The SMILES string of the molecule is Cc1ncoc1C(=O)NC1CCCNC1.Cl.Cl. The van der Waals surface area contributed by atoms with E-state index >= 15 is 0 Å². The van der Waals surface area contributed by atoms with Gasteiger partial charge in [0, 0.05) is 12.6 Å². The first-order chi connectivity index (χ1) is 7.27. The van der Waals surface area contributed by atoms with Crippen LogP contribution in [0.4, 0.5) is 0 Å². The van der Waals surface area contributed by atoms with Crippen molar-refractivity contribution in [3.8, 4) is 0 Å². The molecule has 0 aromatic carbocycles. The Hall–Kier alpha value is -0.780. The predicted octanol–water partition coefficient (Wildman–Crippen LogP) is 1.31. The molecule has 2 N–H and O–H groups in total. The van der Waals surface area contributed by atoms with Gasteiger partial charge in [0.2, 0.25) is 5.76 Å². The van der Waals surface area contributed by atoms with Crippen LogP contribution < -0.4 is 10.6 Å². The fraction of sp³-hybridized carbons (Fsp3) is 0.600. The highest BCUT2D eigenvalue weighted by Crippen LogP contribution is 2.07. The number of carbonyl (C=O) groups is 1. The lowest BCUT2D eigenvalue weighted by molar-refractivity contribution is 0.0901. The summed E-state index contributed by atoms with van der Waals surface area (Å²) in [7, 11) is 0. The lowest BCUT2D eigenvalue weighted by Crippen LogP contribution is -2.45. The molecule has 0 bridgehead atoms. The van der Waals surface area contributed by atoms with Crippen LogP contribution in [0.25, 0.3) is 0 Å². The van der Waals surface area contributed by atoms with E-state index in [1.165, 1.54) is 6.39 Å². The van der Waals surface area contributed by atoms with Crippen LogP contribution >= 0.6 is 24.8 Å². The normalized spacial score (nSPS) is 18.8. The van der Waals surface area contributed by atoms with Crippen LogP contribution in [0, 0.1) is 6.92 Å². The van der Waals surface area contributed by atoms with E-state index in [0.29, 0.717) is 11.5 Å². The summed E-state index contributed by atoms with van der Waals surface area (Å²) in [6.07, 6.45) is 3.41. The van der Waals surface area contributed by atoms with Crippen molar-refractivity contribution in [1.82, 2.24) is 15.6 Å². The largest absolute Gasteiger partial charge is 0.438 e. The number of amides is 1. The summed E-state index contributed by atoms with van der Waals surface area (Å²) in [6, 6.07) is 0.204. The zero-order valence-corrected chi connectivity index (χ0v) is 11.2. The second kappa shape index (κ2) is 7.53. The third-order valence-corrected chi connectivity index (χ3v) is 2.58. The van der Waals surface area contributed by atoms with Gasteiger partial charge in [-0.05, 0) is 26.3 Å². The number of rotatable bonds is 2. The van der Waals surface area contributed by atoms with Gasteiger partial charge in [0.1, 0.15) is 0 Å². The molecule has 2 rings (SSSR count). The lowest BCUT2D eigenvalue weighted by atomic mass is 10.1. The topological polar surface area (TPSA) is 67.2 Å². The Labute approximate surface area is 113 Å². The van der Waals surface area contributed by atoms with Crippen LogP contribution in [0.3, 0.4) is 0 Å². The molecule has 0 spiro atoms. The van der Waals surface area contributed by atoms with Crippen molar-refractivity contribution in [2.75, 3.05) is 13.1 Å². The minimum Gasteiger partial charge on any atom is -0.438 e. The standard InChI is InChI=1S/C10H15N3O2.2ClH/c1-7-9(15-6-12-7)10(14)13-8-3-2-4-11-5-8;;/h6,8,11H,2-5H2,1H3,(H,13,14);2*1H. The summed E-state index contributed by atoms with van der Waals surface area (Å²) in [6.45, 7) is 3.63. The molecule has 0 saturated carbocycles. The zero-order chi connectivity index (χ0) is 10.7. The van der Waals surface area contributed by atoms with E-state index in [2.05, 4.69) is 15.6 Å². The Kier molecular flexibility index (Phi) is 7.18. The van der Waals surface area contributed by atoms with E-state index in [-0.39, 0.29) is 36.8 Å². The molecule has 0 radical (unpaired) electrons. The Balaban J connectivity index is 0.00000128. The van der Waals surface area contributed by atoms with E-state index in [0.717, 1.165) is 25.9 Å². The molecule has 1 aliphatic heterocycles. The second-order valence-electron chi connectivity index (χ2n) is 3.78. The van der Waals surface area contributed by atoms with Gasteiger partial charge in [0.05, 0.1) is 5.69 Å². The number of nitrogens with zero attached hydrogens (tertiary/aromatic N) is 1. The number of halogens is 2. The van der Waals surface area contributed by atoms with Crippen LogP contribution in [0.15, 0.2) is 10.8 Å². The Morgan fingerprint density at radius 1 is 1.59 bits per heavy atom. The van der Waals surface area contributed by atoms with Crippen LogP contribution in [-0.2, 0) is 0 Å². The summed E-state index contributed by atoms with van der Waals surface area (Å²) in [5.74, 6) is 0.152. The first kappa shape index (κ1) is 16.2. The highest BCUT2D eigenvalue weighted by Gasteiger charge is 2.19. The molecule has 2 heterocycles. The quantitative estimate of drug-likeness (QED) is 0.858. The maximum absolute atomic E-state index is 11.7. The fourth-order valence-electron chi connectivity index (χ4n) is 1.75. The number of hydrogen-bond donors (Lipinski definition) is 2. The number of nitrogens with one attached hydrogen (secondary N) is 2. The van der Waals surface area contributed by atoms with Crippen molar-refractivity contribution in [2.24, 2.45) is 0 Å². The maximum Gasteiger partial charge on any atom is 0.289 e. The molecule has 1 atom stereocenters. The van der Waals surface area contributed by atoms with Gasteiger partial charge in [0.25, 0.3) is 5.91 Å². The van der Waals surface area contributed by atoms with Crippen molar-refractivity contribution in [3.63, 3.8) is 0 Å². The fourth-order valence-corrected chi connectivity index (χ4v) is 1.75. The van der Waals surface area contributed by atoms with E-state index in [1.807, 2.05) is 0 Å².